The fourth-order valence-electron chi connectivity index (χ4n) is 2.38. The molecule has 0 fully saturated rings. The average Bonchev–Trinajstić information content (AvgIpc) is 2.54. The van der Waals surface area contributed by atoms with Gasteiger partial charge < -0.3 is 4.74 Å². The van der Waals surface area contributed by atoms with E-state index in [0.29, 0.717) is 27.4 Å². The number of methoxy groups -OCH3 is 1. The van der Waals surface area contributed by atoms with Gasteiger partial charge in [0.1, 0.15) is 11.4 Å². The zero-order chi connectivity index (χ0) is 17.5. The fourth-order valence-corrected chi connectivity index (χ4v) is 3.05. The molecule has 0 aliphatic rings. The van der Waals surface area contributed by atoms with E-state index in [9.17, 15) is 13.2 Å². The van der Waals surface area contributed by atoms with Crippen molar-refractivity contribution >= 4 is 32.5 Å². The average molecular weight is 367 g/mol. The van der Waals surface area contributed by atoms with Crippen LogP contribution in [0, 0.1) is 0 Å². The quantitative estimate of drug-likeness (QED) is 0.689. The van der Waals surface area contributed by atoms with E-state index in [1.165, 1.54) is 19.2 Å². The van der Waals surface area contributed by atoms with Crippen molar-refractivity contribution in [2.75, 3.05) is 7.11 Å². The molecule has 1 heterocycles. The Labute approximate surface area is 141 Å². The van der Waals surface area contributed by atoms with E-state index in [2.05, 4.69) is 10.2 Å². The van der Waals surface area contributed by atoms with Gasteiger partial charge in [0.05, 0.1) is 17.4 Å². The summed E-state index contributed by atoms with van der Waals surface area (Å²) in [6.45, 7) is 0. The van der Waals surface area contributed by atoms with Crippen molar-refractivity contribution < 1.29 is 17.7 Å². The summed E-state index contributed by atoms with van der Waals surface area (Å²) in [6, 6.07) is 8.61. The number of fused-ring (bicyclic) bond motifs is 1. The first kappa shape index (κ1) is 16.4. The van der Waals surface area contributed by atoms with Gasteiger partial charge in [-0.3, -0.25) is 9.35 Å². The number of halogens is 1. The Hall–Kier alpha value is -2.42. The monoisotopic (exact) mass is 366 g/mol. The second kappa shape index (κ2) is 5.90. The molecule has 0 atom stereocenters. The van der Waals surface area contributed by atoms with E-state index >= 15 is 0 Å². The SMILES string of the molecule is COc1ccc(Cl)cc1-c1n[nH]c(=O)c2cc(S(=O)(=O)O)ccc12. The van der Waals surface area contributed by atoms with Gasteiger partial charge >= 0.3 is 0 Å². The lowest BCUT2D eigenvalue weighted by Gasteiger charge is -2.10. The third kappa shape index (κ3) is 2.86. The molecule has 0 radical (unpaired) electrons. The number of benzene rings is 2. The molecule has 2 aromatic carbocycles. The summed E-state index contributed by atoms with van der Waals surface area (Å²) in [5.41, 5.74) is 0.317. The molecule has 0 amide bonds. The van der Waals surface area contributed by atoms with Crippen LogP contribution in [0.2, 0.25) is 5.02 Å². The van der Waals surface area contributed by atoms with Crippen LogP contribution >= 0.6 is 11.6 Å². The first-order chi connectivity index (χ1) is 11.3. The molecule has 0 unspecified atom stereocenters. The minimum atomic E-state index is -4.43. The lowest BCUT2D eigenvalue weighted by molar-refractivity contribution is 0.416. The zero-order valence-corrected chi connectivity index (χ0v) is 13.9. The Morgan fingerprint density at radius 1 is 1.17 bits per heavy atom. The van der Waals surface area contributed by atoms with Gasteiger partial charge in [-0.05, 0) is 30.3 Å². The molecule has 0 saturated carbocycles. The van der Waals surface area contributed by atoms with Gasteiger partial charge in [0.25, 0.3) is 15.7 Å². The van der Waals surface area contributed by atoms with Crippen LogP contribution in [-0.4, -0.2) is 30.3 Å². The maximum absolute atomic E-state index is 12.0. The van der Waals surface area contributed by atoms with Crippen molar-refractivity contribution in [3.8, 4) is 17.0 Å². The highest BCUT2D eigenvalue weighted by molar-refractivity contribution is 7.85. The topological polar surface area (TPSA) is 109 Å². The Bertz CT molecular complexity index is 1110. The number of ether oxygens (including phenoxy) is 1. The Morgan fingerprint density at radius 2 is 1.92 bits per heavy atom. The van der Waals surface area contributed by atoms with Crippen LogP contribution in [0.1, 0.15) is 0 Å². The molecule has 24 heavy (non-hydrogen) atoms. The van der Waals surface area contributed by atoms with Crippen LogP contribution < -0.4 is 10.3 Å². The molecule has 0 aliphatic carbocycles. The summed E-state index contributed by atoms with van der Waals surface area (Å²) in [7, 11) is -2.94. The number of H-pyrrole nitrogens is 1. The largest absolute Gasteiger partial charge is 0.496 e. The number of hydrogen-bond acceptors (Lipinski definition) is 5. The molecule has 0 bridgehead atoms. The molecule has 3 aromatic rings. The van der Waals surface area contributed by atoms with Gasteiger partial charge in [-0.15, -0.1) is 0 Å². The lowest BCUT2D eigenvalue weighted by atomic mass is 10.0. The second-order valence-corrected chi connectivity index (χ2v) is 6.79. The Balaban J connectivity index is 2.38. The van der Waals surface area contributed by atoms with Crippen molar-refractivity contribution in [2.45, 2.75) is 4.90 Å². The van der Waals surface area contributed by atoms with Crippen LogP contribution in [-0.2, 0) is 10.1 Å². The number of nitrogens with one attached hydrogen (secondary N) is 1. The number of rotatable bonds is 3. The zero-order valence-electron chi connectivity index (χ0n) is 12.3. The molecular formula is C15H11ClN2O5S. The first-order valence-corrected chi connectivity index (χ1v) is 8.47. The van der Waals surface area contributed by atoms with Crippen molar-refractivity contribution in [2.24, 2.45) is 0 Å². The van der Waals surface area contributed by atoms with Crippen molar-refractivity contribution in [1.29, 1.82) is 0 Å². The summed E-state index contributed by atoms with van der Waals surface area (Å²) in [4.78, 5) is 11.6. The molecular weight excluding hydrogens is 356 g/mol. The van der Waals surface area contributed by atoms with Gasteiger partial charge in [0.2, 0.25) is 0 Å². The minimum absolute atomic E-state index is 0.0668. The highest BCUT2D eigenvalue weighted by Gasteiger charge is 2.17. The maximum Gasteiger partial charge on any atom is 0.294 e. The third-order valence-electron chi connectivity index (χ3n) is 3.47. The van der Waals surface area contributed by atoms with Crippen molar-refractivity contribution in [3.63, 3.8) is 0 Å². The molecule has 0 aliphatic heterocycles. The number of aromatic amines is 1. The molecule has 7 nitrogen and oxygen atoms in total. The molecule has 3 rings (SSSR count). The lowest BCUT2D eigenvalue weighted by Crippen LogP contribution is -2.11. The first-order valence-electron chi connectivity index (χ1n) is 6.65. The van der Waals surface area contributed by atoms with E-state index in [1.54, 1.807) is 18.2 Å². The fraction of sp³-hybridized carbons (Fsp3) is 0.0667. The minimum Gasteiger partial charge on any atom is -0.496 e. The summed E-state index contributed by atoms with van der Waals surface area (Å²) in [5, 5.41) is 7.25. The van der Waals surface area contributed by atoms with Gasteiger partial charge in [0, 0.05) is 16.0 Å². The standard InChI is InChI=1S/C15H11ClN2O5S/c1-23-13-5-2-8(16)6-12(13)14-10-4-3-9(24(20,21)22)7-11(10)15(19)18-17-14/h2-7H,1H3,(H,18,19)(H,20,21,22). The van der Waals surface area contributed by atoms with Crippen LogP contribution in [0.5, 0.6) is 5.75 Å². The van der Waals surface area contributed by atoms with Crippen LogP contribution in [0.25, 0.3) is 22.0 Å². The third-order valence-corrected chi connectivity index (χ3v) is 4.56. The van der Waals surface area contributed by atoms with Crippen molar-refractivity contribution in [3.05, 3.63) is 51.8 Å². The summed E-state index contributed by atoms with van der Waals surface area (Å²) >= 11 is 6.02. The van der Waals surface area contributed by atoms with Gasteiger partial charge in [-0.1, -0.05) is 17.7 Å². The summed E-state index contributed by atoms with van der Waals surface area (Å²) < 4.78 is 37.0. The molecule has 0 saturated heterocycles. The molecule has 1 aromatic heterocycles. The number of nitrogens with zero attached hydrogens (tertiary/aromatic N) is 1. The smallest absolute Gasteiger partial charge is 0.294 e. The van der Waals surface area contributed by atoms with Crippen molar-refractivity contribution in [1.82, 2.24) is 10.2 Å². The van der Waals surface area contributed by atoms with Crippen LogP contribution in [0.15, 0.2) is 46.1 Å². The summed E-state index contributed by atoms with van der Waals surface area (Å²) in [5.74, 6) is 0.485. The van der Waals surface area contributed by atoms with Gasteiger partial charge in [-0.25, -0.2) is 5.10 Å². The maximum atomic E-state index is 12.0. The van der Waals surface area contributed by atoms with E-state index < -0.39 is 15.7 Å². The Morgan fingerprint density at radius 3 is 2.58 bits per heavy atom. The van der Waals surface area contributed by atoms with Gasteiger partial charge in [0.15, 0.2) is 0 Å². The highest BCUT2D eigenvalue weighted by Crippen LogP contribution is 2.34. The van der Waals surface area contributed by atoms with E-state index in [-0.39, 0.29) is 10.3 Å². The summed E-state index contributed by atoms with van der Waals surface area (Å²) in [6.07, 6.45) is 0. The molecule has 0 spiro atoms. The van der Waals surface area contributed by atoms with E-state index in [0.717, 1.165) is 6.07 Å². The highest BCUT2D eigenvalue weighted by atomic mass is 35.5. The van der Waals surface area contributed by atoms with Crippen LogP contribution in [0.4, 0.5) is 0 Å². The van der Waals surface area contributed by atoms with E-state index in [1.807, 2.05) is 0 Å². The molecule has 124 valence electrons. The number of aromatic nitrogens is 2. The van der Waals surface area contributed by atoms with E-state index in [4.69, 9.17) is 20.9 Å². The number of hydrogen-bond donors (Lipinski definition) is 2. The predicted molar refractivity (Wildman–Crippen MR) is 89.2 cm³/mol. The normalized spacial score (nSPS) is 11.6. The molecule has 9 heteroatoms. The van der Waals surface area contributed by atoms with Gasteiger partial charge in [-0.2, -0.15) is 13.5 Å². The van der Waals surface area contributed by atoms with Crippen LogP contribution in [0.3, 0.4) is 0 Å². The Kier molecular flexibility index (Phi) is 4.04. The second-order valence-electron chi connectivity index (χ2n) is 4.93. The predicted octanol–water partition coefficient (Wildman–Crippen LogP) is 2.50. The molecule has 2 N–H and O–H groups in total.